The molecule has 0 radical (unpaired) electrons. The molecule has 2 aliphatic rings. The van der Waals surface area contributed by atoms with Crippen molar-refractivity contribution in [3.8, 4) is 17.6 Å². The van der Waals surface area contributed by atoms with Crippen molar-refractivity contribution in [2.45, 2.75) is 31.7 Å². The highest BCUT2D eigenvalue weighted by atomic mass is 16.5. The predicted octanol–water partition coefficient (Wildman–Crippen LogP) is 0.134. The van der Waals surface area contributed by atoms with E-state index in [1.54, 1.807) is 24.4 Å². The van der Waals surface area contributed by atoms with Crippen molar-refractivity contribution in [2.24, 2.45) is 4.99 Å². The number of aromatic nitrogens is 6. The number of rotatable bonds is 4. The molecule has 4 N–H and O–H groups in total. The number of benzene rings is 1. The molecular weight excluding hydrogens is 428 g/mol. The Morgan fingerprint density at radius 1 is 1.18 bits per heavy atom. The number of carbonyl (C=O) groups excluding carboxylic acids is 1. The Bertz CT molecular complexity index is 1590. The number of amides is 1. The van der Waals surface area contributed by atoms with Gasteiger partial charge >= 0.3 is 11.7 Å². The van der Waals surface area contributed by atoms with Gasteiger partial charge in [0.15, 0.2) is 5.65 Å². The largest absolute Gasteiger partial charge is 0.493 e. The van der Waals surface area contributed by atoms with Crippen LogP contribution in [0.4, 0.5) is 5.69 Å². The van der Waals surface area contributed by atoms with Crippen LogP contribution in [0.2, 0.25) is 0 Å². The maximum atomic E-state index is 11.6. The van der Waals surface area contributed by atoms with Gasteiger partial charge in [0.05, 0.1) is 12.2 Å². The molecule has 12 nitrogen and oxygen atoms in total. The first-order valence-electron chi connectivity index (χ1n) is 10.4. The molecular formula is C21H18N8O4. The number of imidazole rings is 1. The maximum absolute atomic E-state index is 11.6. The van der Waals surface area contributed by atoms with Crippen LogP contribution in [0, 0.1) is 0 Å². The number of nitrogens with zero attached hydrogens (tertiary/aromatic N) is 5. The van der Waals surface area contributed by atoms with E-state index in [9.17, 15) is 14.7 Å². The number of H-pyrrole nitrogens is 2. The van der Waals surface area contributed by atoms with Gasteiger partial charge in [0, 0.05) is 17.3 Å². The summed E-state index contributed by atoms with van der Waals surface area (Å²) in [6, 6.07) is 5.65. The fourth-order valence-corrected chi connectivity index (χ4v) is 3.64. The number of aromatic hydroxyl groups is 1. The van der Waals surface area contributed by atoms with E-state index >= 15 is 0 Å². The monoisotopic (exact) mass is 446 g/mol. The summed E-state index contributed by atoms with van der Waals surface area (Å²) in [6.07, 6.45) is 6.11. The summed E-state index contributed by atoms with van der Waals surface area (Å²) >= 11 is 0. The van der Waals surface area contributed by atoms with Gasteiger partial charge in [0.25, 0.3) is 5.62 Å². The van der Waals surface area contributed by atoms with Crippen LogP contribution in [-0.4, -0.2) is 46.6 Å². The maximum Gasteiger partial charge on any atom is 0.327 e. The third-order valence-electron chi connectivity index (χ3n) is 5.42. The molecule has 1 fully saturated rings. The number of nitrogens with one attached hydrogen (secondary N) is 3. The molecule has 33 heavy (non-hydrogen) atoms. The first-order chi connectivity index (χ1) is 16.0. The lowest BCUT2D eigenvalue weighted by Gasteiger charge is -2.17. The first-order valence-corrected chi connectivity index (χ1v) is 10.4. The topological polar surface area (TPSA) is 163 Å². The van der Waals surface area contributed by atoms with Crippen LogP contribution in [0.1, 0.15) is 30.5 Å². The average Bonchev–Trinajstić information content (AvgIpc) is 3.42. The van der Waals surface area contributed by atoms with Crippen molar-refractivity contribution in [3.05, 3.63) is 57.0 Å². The third-order valence-corrected chi connectivity index (χ3v) is 5.42. The van der Waals surface area contributed by atoms with Crippen LogP contribution in [-0.2, 0) is 11.2 Å². The molecule has 0 unspecified atom stereocenters. The molecule has 0 saturated heterocycles. The second-order valence-corrected chi connectivity index (χ2v) is 7.96. The zero-order chi connectivity index (χ0) is 22.5. The summed E-state index contributed by atoms with van der Waals surface area (Å²) in [5.74, 6) is 0.244. The molecule has 12 heteroatoms. The van der Waals surface area contributed by atoms with Crippen LogP contribution in [0.15, 0.2) is 34.2 Å². The summed E-state index contributed by atoms with van der Waals surface area (Å²) in [4.78, 5) is 41.4. The standard InChI is InChI=1S/C21H18N8O4/c30-16-6-1-10-7-13(4-5-14(10)24-16)33-21-26-17-11(8-15-18(31)27-20(32)25-15)9-22-29(17)19(28-21)23-12-2-3-12/h4-5,7-9,12,31H,1-3,6H2,(H,24,30)(H2,25,27,32)/b11-8+,23-19?. The molecule has 1 aliphatic heterocycles. The lowest BCUT2D eigenvalue weighted by molar-refractivity contribution is -0.116. The second kappa shape index (κ2) is 7.29. The van der Waals surface area contributed by atoms with E-state index in [-0.39, 0.29) is 29.5 Å². The van der Waals surface area contributed by atoms with Crippen LogP contribution in [0.3, 0.4) is 0 Å². The minimum absolute atomic E-state index is 0.00408. The number of carbonyl (C=O) groups is 1. The Balaban J connectivity index is 1.45. The second-order valence-electron chi connectivity index (χ2n) is 7.96. The minimum Gasteiger partial charge on any atom is -0.493 e. The van der Waals surface area contributed by atoms with Gasteiger partial charge in [-0.2, -0.15) is 19.6 Å². The quantitative estimate of drug-likeness (QED) is 0.346. The molecule has 3 aromatic heterocycles. The SMILES string of the molecule is O=C1CCc2cc(Oc3nc(=NC4CC4)n4nc/c(=C\c5[nH]c(=O)[nH]c5O)c4n3)ccc2N1. The predicted molar refractivity (Wildman–Crippen MR) is 115 cm³/mol. The van der Waals surface area contributed by atoms with Gasteiger partial charge in [-0.15, -0.1) is 0 Å². The zero-order valence-corrected chi connectivity index (χ0v) is 17.2. The fourth-order valence-electron chi connectivity index (χ4n) is 3.64. The third kappa shape index (κ3) is 3.71. The van der Waals surface area contributed by atoms with E-state index in [4.69, 9.17) is 4.74 Å². The van der Waals surface area contributed by atoms with Gasteiger partial charge in [-0.25, -0.2) is 9.79 Å². The van der Waals surface area contributed by atoms with Gasteiger partial charge in [-0.05, 0) is 49.1 Å². The summed E-state index contributed by atoms with van der Waals surface area (Å²) in [7, 11) is 0. The molecule has 1 amide bonds. The summed E-state index contributed by atoms with van der Waals surface area (Å²) < 4.78 is 7.46. The van der Waals surface area contributed by atoms with Gasteiger partial charge in [0.1, 0.15) is 11.4 Å². The van der Waals surface area contributed by atoms with E-state index in [0.717, 1.165) is 24.1 Å². The first kappa shape index (κ1) is 19.2. The summed E-state index contributed by atoms with van der Waals surface area (Å²) in [6.45, 7) is 0. The van der Waals surface area contributed by atoms with E-state index in [1.807, 2.05) is 6.07 Å². The van der Waals surface area contributed by atoms with Crippen molar-refractivity contribution in [2.75, 3.05) is 5.32 Å². The lowest BCUT2D eigenvalue weighted by Crippen LogP contribution is -2.23. The Hall–Kier alpha value is -4.48. The molecule has 0 bridgehead atoms. The van der Waals surface area contributed by atoms with Crippen molar-refractivity contribution in [1.82, 2.24) is 29.5 Å². The molecule has 1 aromatic carbocycles. The Labute approximate surface area is 184 Å². The highest BCUT2D eigenvalue weighted by molar-refractivity contribution is 5.94. The molecule has 0 spiro atoms. The molecule has 0 atom stereocenters. The van der Waals surface area contributed by atoms with Gasteiger partial charge < -0.3 is 20.1 Å². The van der Waals surface area contributed by atoms with Gasteiger partial charge in [0.2, 0.25) is 11.8 Å². The highest BCUT2D eigenvalue weighted by Crippen LogP contribution is 2.28. The van der Waals surface area contributed by atoms with Crippen LogP contribution in [0.5, 0.6) is 17.6 Å². The van der Waals surface area contributed by atoms with Gasteiger partial charge in [-0.1, -0.05) is 0 Å². The number of aryl methyl sites for hydroxylation is 1. The number of ether oxygens (including phenoxy) is 1. The van der Waals surface area contributed by atoms with Crippen LogP contribution in [0.25, 0.3) is 11.7 Å². The number of hydrogen-bond donors (Lipinski definition) is 4. The average molecular weight is 446 g/mol. The van der Waals surface area contributed by atoms with Crippen molar-refractivity contribution >= 4 is 23.3 Å². The molecule has 1 aliphatic carbocycles. The summed E-state index contributed by atoms with van der Waals surface area (Å²) in [5, 5.41) is 17.6. The van der Waals surface area contributed by atoms with E-state index in [1.165, 1.54) is 4.52 Å². The van der Waals surface area contributed by atoms with E-state index in [0.29, 0.717) is 35.1 Å². The van der Waals surface area contributed by atoms with Gasteiger partial charge in [-0.3, -0.25) is 9.78 Å². The lowest BCUT2D eigenvalue weighted by atomic mass is 10.0. The number of fused-ring (bicyclic) bond motifs is 2. The molecule has 1 saturated carbocycles. The molecule has 166 valence electrons. The zero-order valence-electron chi connectivity index (χ0n) is 17.2. The highest BCUT2D eigenvalue weighted by Gasteiger charge is 2.21. The van der Waals surface area contributed by atoms with Crippen LogP contribution >= 0.6 is 0 Å². The fraction of sp³-hybridized carbons (Fsp3) is 0.238. The summed E-state index contributed by atoms with van der Waals surface area (Å²) in [5.41, 5.74) is 2.18. The van der Waals surface area contributed by atoms with E-state index in [2.05, 4.69) is 35.3 Å². The normalized spacial score (nSPS) is 16.8. The Morgan fingerprint density at radius 3 is 2.85 bits per heavy atom. The molecule has 6 rings (SSSR count). The number of hydrogen-bond acceptors (Lipinski definition) is 8. The molecule has 4 aromatic rings. The van der Waals surface area contributed by atoms with Crippen molar-refractivity contribution in [3.63, 3.8) is 0 Å². The van der Waals surface area contributed by atoms with Crippen molar-refractivity contribution in [1.29, 1.82) is 0 Å². The van der Waals surface area contributed by atoms with Crippen molar-refractivity contribution < 1.29 is 14.6 Å². The number of aromatic amines is 2. The minimum atomic E-state index is -0.526. The smallest absolute Gasteiger partial charge is 0.327 e. The van der Waals surface area contributed by atoms with Crippen LogP contribution < -0.4 is 26.6 Å². The molecule has 4 heterocycles. The Morgan fingerprint density at radius 2 is 2.06 bits per heavy atom. The number of anilines is 1. The van der Waals surface area contributed by atoms with E-state index < -0.39 is 5.69 Å². The Kier molecular flexibility index (Phi) is 4.25.